The van der Waals surface area contributed by atoms with Crippen molar-refractivity contribution in [2.45, 2.75) is 50.4 Å². The summed E-state index contributed by atoms with van der Waals surface area (Å²) >= 11 is 0. The smallest absolute Gasteiger partial charge is 0.237 e. The standard InChI is InChI=1S/C29H31F2N3O/c30-24-10-5-6-20(14-24)18-33-25-17-28(29(35)32-13-12-21-7-3-4-11-27(21)31)34(19-25)26-15-22-8-1-2-9-23(22)16-26/h1-11,14,25-26,28,33H,12-13,15-19H2,(H,32,35)/t25-,28-/m0/s1. The minimum absolute atomic E-state index is 0.00708. The van der Waals surface area contributed by atoms with E-state index in [1.165, 1.54) is 23.3 Å². The van der Waals surface area contributed by atoms with Gasteiger partial charge < -0.3 is 10.6 Å². The summed E-state index contributed by atoms with van der Waals surface area (Å²) in [5.41, 5.74) is 4.21. The number of halogens is 2. The van der Waals surface area contributed by atoms with Crippen molar-refractivity contribution in [2.75, 3.05) is 13.1 Å². The number of fused-ring (bicyclic) bond motifs is 1. The van der Waals surface area contributed by atoms with Gasteiger partial charge in [-0.05, 0) is 66.1 Å². The van der Waals surface area contributed by atoms with Gasteiger partial charge in [-0.2, -0.15) is 0 Å². The number of nitrogens with one attached hydrogen (secondary N) is 2. The molecule has 1 heterocycles. The molecule has 0 spiro atoms. The van der Waals surface area contributed by atoms with Gasteiger partial charge >= 0.3 is 0 Å². The third-order valence-corrected chi connectivity index (χ3v) is 7.28. The molecule has 1 amide bonds. The van der Waals surface area contributed by atoms with E-state index in [-0.39, 0.29) is 35.7 Å². The maximum atomic E-state index is 14.0. The number of hydrogen-bond acceptors (Lipinski definition) is 3. The van der Waals surface area contributed by atoms with Crippen molar-refractivity contribution < 1.29 is 13.6 Å². The van der Waals surface area contributed by atoms with Gasteiger partial charge in [0.05, 0.1) is 6.04 Å². The van der Waals surface area contributed by atoms with Crippen molar-refractivity contribution >= 4 is 5.91 Å². The fourth-order valence-corrected chi connectivity index (χ4v) is 5.49. The fraction of sp³-hybridized carbons (Fsp3) is 0.345. The molecule has 0 radical (unpaired) electrons. The van der Waals surface area contributed by atoms with Crippen LogP contribution < -0.4 is 10.6 Å². The van der Waals surface area contributed by atoms with Gasteiger partial charge in [-0.1, -0.05) is 54.6 Å². The SMILES string of the molecule is O=C(NCCc1ccccc1F)[C@@H]1C[C@H](NCc2cccc(F)c2)CN1C1Cc2ccccc2C1. The monoisotopic (exact) mass is 475 g/mol. The molecule has 2 N–H and O–H groups in total. The van der Waals surface area contributed by atoms with Gasteiger partial charge in [-0.3, -0.25) is 9.69 Å². The van der Waals surface area contributed by atoms with E-state index in [1.54, 1.807) is 24.3 Å². The molecule has 182 valence electrons. The molecule has 4 nitrogen and oxygen atoms in total. The summed E-state index contributed by atoms with van der Waals surface area (Å²) in [6.07, 6.45) is 3.02. The number of amides is 1. The van der Waals surface area contributed by atoms with Crippen LogP contribution in [0.4, 0.5) is 8.78 Å². The highest BCUT2D eigenvalue weighted by Gasteiger charge is 2.41. The van der Waals surface area contributed by atoms with Crippen molar-refractivity contribution in [3.8, 4) is 0 Å². The molecule has 35 heavy (non-hydrogen) atoms. The Labute approximate surface area is 205 Å². The summed E-state index contributed by atoms with van der Waals surface area (Å²) in [5, 5.41) is 6.59. The molecule has 5 rings (SSSR count). The number of carbonyl (C=O) groups excluding carboxylic acids is 1. The largest absolute Gasteiger partial charge is 0.354 e. The van der Waals surface area contributed by atoms with E-state index in [0.29, 0.717) is 31.5 Å². The molecule has 0 saturated carbocycles. The first-order valence-corrected chi connectivity index (χ1v) is 12.4. The molecule has 3 aromatic carbocycles. The van der Waals surface area contributed by atoms with E-state index in [4.69, 9.17) is 0 Å². The zero-order chi connectivity index (χ0) is 24.2. The lowest BCUT2D eigenvalue weighted by Crippen LogP contribution is -2.48. The lowest BCUT2D eigenvalue weighted by molar-refractivity contribution is -0.126. The van der Waals surface area contributed by atoms with Crippen LogP contribution in [-0.4, -0.2) is 42.0 Å². The lowest BCUT2D eigenvalue weighted by Gasteiger charge is -2.29. The molecule has 2 aliphatic rings. The minimum atomic E-state index is -0.250. The first-order valence-electron chi connectivity index (χ1n) is 12.4. The minimum Gasteiger partial charge on any atom is -0.354 e. The van der Waals surface area contributed by atoms with E-state index < -0.39 is 0 Å². The summed E-state index contributed by atoms with van der Waals surface area (Å²) in [6, 6.07) is 21.9. The Bertz CT molecular complexity index is 1160. The maximum Gasteiger partial charge on any atom is 0.237 e. The van der Waals surface area contributed by atoms with Gasteiger partial charge in [0.1, 0.15) is 11.6 Å². The summed E-state index contributed by atoms with van der Waals surface area (Å²) in [6.45, 7) is 1.72. The van der Waals surface area contributed by atoms with Crippen molar-refractivity contribution in [1.29, 1.82) is 0 Å². The van der Waals surface area contributed by atoms with Crippen LogP contribution >= 0.6 is 0 Å². The molecule has 6 heteroatoms. The summed E-state index contributed by atoms with van der Waals surface area (Å²) in [4.78, 5) is 15.6. The molecule has 3 aromatic rings. The Kier molecular flexibility index (Phi) is 7.21. The quantitative estimate of drug-likeness (QED) is 0.517. The second-order valence-corrected chi connectivity index (χ2v) is 9.62. The lowest BCUT2D eigenvalue weighted by atomic mass is 10.1. The number of nitrogens with zero attached hydrogens (tertiary/aromatic N) is 1. The van der Waals surface area contributed by atoms with Gasteiger partial charge in [0.25, 0.3) is 0 Å². The predicted octanol–water partition coefficient (Wildman–Crippen LogP) is 4.02. The van der Waals surface area contributed by atoms with Crippen LogP contribution in [0.2, 0.25) is 0 Å². The number of benzene rings is 3. The van der Waals surface area contributed by atoms with Crippen molar-refractivity contribution in [2.24, 2.45) is 0 Å². The molecule has 0 bridgehead atoms. The van der Waals surface area contributed by atoms with Gasteiger partial charge in [0.15, 0.2) is 0 Å². The Morgan fingerprint density at radius 3 is 2.43 bits per heavy atom. The highest BCUT2D eigenvalue weighted by atomic mass is 19.1. The van der Waals surface area contributed by atoms with Crippen LogP contribution in [-0.2, 0) is 30.6 Å². The predicted molar refractivity (Wildman–Crippen MR) is 133 cm³/mol. The second kappa shape index (κ2) is 10.7. The zero-order valence-corrected chi connectivity index (χ0v) is 19.7. The van der Waals surface area contributed by atoms with E-state index >= 15 is 0 Å². The van der Waals surface area contributed by atoms with Crippen LogP contribution in [0.3, 0.4) is 0 Å². The molecular formula is C29H31F2N3O. The highest BCUT2D eigenvalue weighted by molar-refractivity contribution is 5.82. The summed E-state index contributed by atoms with van der Waals surface area (Å²) < 4.78 is 27.5. The Morgan fingerprint density at radius 1 is 0.943 bits per heavy atom. The van der Waals surface area contributed by atoms with Crippen LogP contribution in [0.15, 0.2) is 72.8 Å². The topological polar surface area (TPSA) is 44.4 Å². The fourth-order valence-electron chi connectivity index (χ4n) is 5.49. The number of likely N-dealkylation sites (tertiary alicyclic amines) is 1. The van der Waals surface area contributed by atoms with Crippen molar-refractivity contribution in [1.82, 2.24) is 15.5 Å². The van der Waals surface area contributed by atoms with Crippen LogP contribution in [0.5, 0.6) is 0 Å². The third-order valence-electron chi connectivity index (χ3n) is 7.28. The van der Waals surface area contributed by atoms with Crippen LogP contribution in [0.25, 0.3) is 0 Å². The Morgan fingerprint density at radius 2 is 1.69 bits per heavy atom. The van der Waals surface area contributed by atoms with Gasteiger partial charge in [-0.15, -0.1) is 0 Å². The van der Waals surface area contributed by atoms with Crippen LogP contribution in [0.1, 0.15) is 28.7 Å². The molecular weight excluding hydrogens is 444 g/mol. The molecule has 0 unspecified atom stereocenters. The molecule has 1 fully saturated rings. The normalized spacial score (nSPS) is 20.2. The number of carbonyl (C=O) groups is 1. The Balaban J connectivity index is 1.24. The average Bonchev–Trinajstić information content (AvgIpc) is 3.48. The van der Waals surface area contributed by atoms with Gasteiger partial charge in [-0.25, -0.2) is 8.78 Å². The Hall–Kier alpha value is -3.09. The van der Waals surface area contributed by atoms with Crippen molar-refractivity contribution in [3.63, 3.8) is 0 Å². The molecule has 1 aliphatic carbocycles. The van der Waals surface area contributed by atoms with Crippen LogP contribution in [0, 0.1) is 11.6 Å². The number of rotatable bonds is 8. The molecule has 1 saturated heterocycles. The summed E-state index contributed by atoms with van der Waals surface area (Å²) in [5.74, 6) is -0.491. The maximum absolute atomic E-state index is 14.0. The third kappa shape index (κ3) is 5.60. The van der Waals surface area contributed by atoms with E-state index in [0.717, 1.165) is 24.9 Å². The van der Waals surface area contributed by atoms with E-state index in [2.05, 4.69) is 39.8 Å². The summed E-state index contributed by atoms with van der Waals surface area (Å²) in [7, 11) is 0. The highest BCUT2D eigenvalue weighted by Crippen LogP contribution is 2.31. The first-order chi connectivity index (χ1) is 17.1. The van der Waals surface area contributed by atoms with E-state index in [1.807, 2.05) is 12.1 Å². The molecule has 0 aromatic heterocycles. The zero-order valence-electron chi connectivity index (χ0n) is 19.7. The molecule has 2 atom stereocenters. The molecule has 1 aliphatic heterocycles. The average molecular weight is 476 g/mol. The van der Waals surface area contributed by atoms with Gasteiger partial charge in [0, 0.05) is 31.7 Å². The number of hydrogen-bond donors (Lipinski definition) is 2. The second-order valence-electron chi connectivity index (χ2n) is 9.62. The first kappa shape index (κ1) is 23.6. The van der Waals surface area contributed by atoms with Crippen molar-refractivity contribution in [3.05, 3.63) is 107 Å². The van der Waals surface area contributed by atoms with E-state index in [9.17, 15) is 13.6 Å². The van der Waals surface area contributed by atoms with Gasteiger partial charge in [0.2, 0.25) is 5.91 Å².